The van der Waals surface area contributed by atoms with E-state index in [1.165, 1.54) is 7.11 Å². The third kappa shape index (κ3) is 5.73. The van der Waals surface area contributed by atoms with E-state index >= 15 is 0 Å². The van der Waals surface area contributed by atoms with Gasteiger partial charge in [-0.25, -0.2) is 9.00 Å². The number of anilines is 1. The van der Waals surface area contributed by atoms with Crippen LogP contribution in [0.3, 0.4) is 0 Å². The molecule has 3 aromatic rings. The molecule has 2 fully saturated rings. The van der Waals surface area contributed by atoms with Crippen molar-refractivity contribution in [3.05, 3.63) is 60.3 Å². The molecule has 3 heterocycles. The van der Waals surface area contributed by atoms with Gasteiger partial charge in [-0.15, -0.1) is 0 Å². The monoisotopic (exact) mass is 538 g/mol. The molecule has 2 aliphatic heterocycles. The van der Waals surface area contributed by atoms with Gasteiger partial charge in [-0.1, -0.05) is 18.2 Å². The summed E-state index contributed by atoms with van der Waals surface area (Å²) >= 11 is 0. The molecule has 2 atom stereocenters. The third-order valence-corrected chi connectivity index (χ3v) is 7.82. The summed E-state index contributed by atoms with van der Waals surface area (Å²) < 4.78 is 32.5. The van der Waals surface area contributed by atoms with Crippen LogP contribution in [-0.2, 0) is 20.5 Å². The van der Waals surface area contributed by atoms with Crippen LogP contribution in [0.4, 0.5) is 10.5 Å². The van der Waals surface area contributed by atoms with Gasteiger partial charge in [-0.2, -0.15) is 0 Å². The van der Waals surface area contributed by atoms with Gasteiger partial charge in [0.15, 0.2) is 11.0 Å². The second kappa shape index (κ2) is 11.8. The lowest BCUT2D eigenvalue weighted by atomic mass is 10.1. The predicted molar refractivity (Wildman–Crippen MR) is 143 cm³/mol. The maximum absolute atomic E-state index is 13.2. The number of hydrogen-bond donors (Lipinski definition) is 1. The van der Waals surface area contributed by atoms with Crippen molar-refractivity contribution >= 4 is 39.6 Å². The van der Waals surface area contributed by atoms with E-state index in [2.05, 4.69) is 9.71 Å². The summed E-state index contributed by atoms with van der Waals surface area (Å²) in [6, 6.07) is 14.2. The maximum Gasteiger partial charge on any atom is 0.409 e. The molecule has 1 aromatic heterocycles. The second-order valence-corrected chi connectivity index (χ2v) is 10.3. The van der Waals surface area contributed by atoms with E-state index in [0.717, 1.165) is 18.2 Å². The van der Waals surface area contributed by atoms with Gasteiger partial charge in [0.1, 0.15) is 12.4 Å². The molecule has 0 saturated carbocycles. The standard InChI is InChI=1S/C27H30N4O6S/c1-35-23-17-20(9-10-22(23)29-38(34)24-8-2-5-19-6-3-11-28-25(19)24)26(32)30-12-14-31(15-13-30)27(33)37-18-21-7-4-16-36-21/h2-3,5-6,8-11,17,21,29H,4,7,12-16,18H2,1H3. The van der Waals surface area contributed by atoms with Gasteiger partial charge in [0.05, 0.1) is 29.3 Å². The van der Waals surface area contributed by atoms with E-state index in [1.54, 1.807) is 40.3 Å². The lowest BCUT2D eigenvalue weighted by Gasteiger charge is -2.34. The molecule has 2 unspecified atom stereocenters. The zero-order valence-corrected chi connectivity index (χ0v) is 21.9. The van der Waals surface area contributed by atoms with Crippen molar-refractivity contribution in [2.75, 3.05) is 51.2 Å². The fraction of sp³-hybridized carbons (Fsp3) is 0.370. The van der Waals surface area contributed by atoms with Crippen molar-refractivity contribution in [1.82, 2.24) is 14.8 Å². The van der Waals surface area contributed by atoms with Crippen molar-refractivity contribution in [3.8, 4) is 5.75 Å². The number of benzene rings is 2. The first-order valence-corrected chi connectivity index (χ1v) is 13.7. The number of rotatable bonds is 7. The van der Waals surface area contributed by atoms with Crippen molar-refractivity contribution < 1.29 is 28.0 Å². The van der Waals surface area contributed by atoms with Crippen molar-refractivity contribution in [3.63, 3.8) is 0 Å². The average molecular weight is 539 g/mol. The highest BCUT2D eigenvalue weighted by Crippen LogP contribution is 2.29. The Morgan fingerprint density at radius 2 is 1.89 bits per heavy atom. The van der Waals surface area contributed by atoms with Crippen LogP contribution in [0.2, 0.25) is 0 Å². The van der Waals surface area contributed by atoms with E-state index in [1.807, 2.05) is 24.3 Å². The largest absolute Gasteiger partial charge is 0.495 e. The van der Waals surface area contributed by atoms with Gasteiger partial charge >= 0.3 is 6.09 Å². The van der Waals surface area contributed by atoms with Crippen molar-refractivity contribution in [2.24, 2.45) is 0 Å². The molecule has 0 bridgehead atoms. The summed E-state index contributed by atoms with van der Waals surface area (Å²) in [6.45, 7) is 2.56. The first kappa shape index (κ1) is 25.9. The van der Waals surface area contributed by atoms with Crippen LogP contribution in [0.5, 0.6) is 5.75 Å². The number of hydrogen-bond acceptors (Lipinski definition) is 7. The zero-order valence-electron chi connectivity index (χ0n) is 21.1. The molecule has 0 spiro atoms. The number of nitrogens with one attached hydrogen (secondary N) is 1. The molecule has 11 heteroatoms. The molecule has 0 aliphatic carbocycles. The molecule has 2 aromatic carbocycles. The van der Waals surface area contributed by atoms with Crippen LogP contribution in [0.15, 0.2) is 59.6 Å². The van der Waals surface area contributed by atoms with Gasteiger partial charge in [0, 0.05) is 49.9 Å². The maximum atomic E-state index is 13.2. The Morgan fingerprint density at radius 3 is 2.66 bits per heavy atom. The number of piperazine rings is 1. The number of methoxy groups -OCH3 is 1. The molecule has 0 radical (unpaired) electrons. The Kier molecular flexibility index (Phi) is 8.04. The predicted octanol–water partition coefficient (Wildman–Crippen LogP) is 3.45. The second-order valence-electron chi connectivity index (χ2n) is 9.11. The fourth-order valence-corrected chi connectivity index (χ4v) is 5.62. The number of fused-ring (bicyclic) bond motifs is 1. The minimum atomic E-state index is -1.60. The zero-order chi connectivity index (χ0) is 26.5. The number of carbonyl (C=O) groups excluding carboxylic acids is 2. The van der Waals surface area contributed by atoms with Crippen LogP contribution in [0.1, 0.15) is 23.2 Å². The molecular weight excluding hydrogens is 508 g/mol. The van der Waals surface area contributed by atoms with Crippen LogP contribution < -0.4 is 9.46 Å². The minimum absolute atomic E-state index is 0.0182. The van der Waals surface area contributed by atoms with Gasteiger partial charge in [0.25, 0.3) is 5.91 Å². The number of nitrogens with zero attached hydrogens (tertiary/aromatic N) is 3. The smallest absolute Gasteiger partial charge is 0.409 e. The van der Waals surface area contributed by atoms with Gasteiger partial charge in [-0.3, -0.25) is 14.5 Å². The summed E-state index contributed by atoms with van der Waals surface area (Å²) in [5.41, 5.74) is 1.59. The SMILES string of the molecule is COc1cc(C(=O)N2CCN(C(=O)OCC3CCCO3)CC2)ccc1NS(=O)c1cccc2cccnc12. The summed E-state index contributed by atoms with van der Waals surface area (Å²) in [4.78, 5) is 33.8. The summed E-state index contributed by atoms with van der Waals surface area (Å²) in [7, 11) is -0.101. The fourth-order valence-electron chi connectivity index (χ4n) is 4.60. The number of aromatic nitrogens is 1. The molecule has 2 amide bonds. The van der Waals surface area contributed by atoms with Gasteiger partial charge in [-0.05, 0) is 43.2 Å². The number of ether oxygens (including phenoxy) is 3. The highest BCUT2D eigenvalue weighted by atomic mass is 32.2. The van der Waals surface area contributed by atoms with Crippen LogP contribution >= 0.6 is 0 Å². The van der Waals surface area contributed by atoms with E-state index < -0.39 is 11.0 Å². The quantitative estimate of drug-likeness (QED) is 0.491. The molecule has 10 nitrogen and oxygen atoms in total. The van der Waals surface area contributed by atoms with E-state index in [9.17, 15) is 13.8 Å². The van der Waals surface area contributed by atoms with E-state index in [-0.39, 0.29) is 24.7 Å². The van der Waals surface area contributed by atoms with Crippen LogP contribution in [0.25, 0.3) is 10.9 Å². The normalized spacial score (nSPS) is 18.3. The number of para-hydroxylation sites is 1. The molecule has 200 valence electrons. The van der Waals surface area contributed by atoms with Gasteiger partial charge in [0.2, 0.25) is 0 Å². The number of carbonyl (C=O) groups is 2. The molecular formula is C27H30N4O6S. The number of amides is 2. The topological polar surface area (TPSA) is 110 Å². The highest BCUT2D eigenvalue weighted by molar-refractivity contribution is 7.86. The lowest BCUT2D eigenvalue weighted by Crippen LogP contribution is -2.51. The number of pyridine rings is 1. The average Bonchev–Trinajstić information content (AvgIpc) is 3.49. The summed E-state index contributed by atoms with van der Waals surface area (Å²) in [5.74, 6) is 0.232. The third-order valence-electron chi connectivity index (χ3n) is 6.69. The summed E-state index contributed by atoms with van der Waals surface area (Å²) in [6.07, 6.45) is 3.17. The Morgan fingerprint density at radius 1 is 1.11 bits per heavy atom. The highest BCUT2D eigenvalue weighted by Gasteiger charge is 2.27. The lowest BCUT2D eigenvalue weighted by molar-refractivity contribution is 0.0225. The molecule has 5 rings (SSSR count). The van der Waals surface area contributed by atoms with Crippen LogP contribution in [-0.4, -0.2) is 83.6 Å². The summed E-state index contributed by atoms with van der Waals surface area (Å²) in [5, 5.41) is 0.893. The molecule has 38 heavy (non-hydrogen) atoms. The molecule has 1 N–H and O–H groups in total. The first-order chi connectivity index (χ1) is 18.5. The Labute approximate surface area is 223 Å². The van der Waals surface area contributed by atoms with E-state index in [0.29, 0.717) is 60.2 Å². The Bertz CT molecular complexity index is 1330. The minimum Gasteiger partial charge on any atom is -0.495 e. The Hall–Kier alpha value is -3.70. The van der Waals surface area contributed by atoms with E-state index in [4.69, 9.17) is 14.2 Å². The van der Waals surface area contributed by atoms with Crippen LogP contribution in [0, 0.1) is 0 Å². The molecule has 2 aliphatic rings. The Balaban J connectivity index is 1.20. The van der Waals surface area contributed by atoms with Gasteiger partial charge < -0.3 is 24.0 Å². The van der Waals surface area contributed by atoms with Crippen molar-refractivity contribution in [1.29, 1.82) is 0 Å². The first-order valence-electron chi connectivity index (χ1n) is 12.6. The van der Waals surface area contributed by atoms with Crippen molar-refractivity contribution in [2.45, 2.75) is 23.8 Å². The molecule has 2 saturated heterocycles.